The Morgan fingerprint density at radius 1 is 1.53 bits per heavy atom. The molecule has 19 heavy (non-hydrogen) atoms. The summed E-state index contributed by atoms with van der Waals surface area (Å²) in [6.45, 7) is 6.11. The Labute approximate surface area is 109 Å². The maximum absolute atomic E-state index is 10.6. The Hall–Kier alpha value is -1.12. The number of alkyl halides is 3. The first kappa shape index (κ1) is 17.9. The van der Waals surface area contributed by atoms with Crippen molar-refractivity contribution >= 4 is 5.97 Å². The number of hydrogen-bond donors (Lipinski definition) is 2. The summed E-state index contributed by atoms with van der Waals surface area (Å²) in [5.74, 6) is -2.76. The van der Waals surface area contributed by atoms with Gasteiger partial charge in [-0.25, -0.2) is 4.79 Å². The molecular weight excluding hydrogens is 267 g/mol. The molecular formula is C11H18F3NO4. The minimum absolute atomic E-state index is 0.182. The summed E-state index contributed by atoms with van der Waals surface area (Å²) in [6, 6.07) is 0. The highest BCUT2D eigenvalue weighted by Crippen LogP contribution is 2.13. The van der Waals surface area contributed by atoms with Gasteiger partial charge in [-0.1, -0.05) is 6.08 Å². The predicted octanol–water partition coefficient (Wildman–Crippen LogP) is 1.20. The van der Waals surface area contributed by atoms with Crippen LogP contribution in [0.25, 0.3) is 0 Å². The standard InChI is InChI=1S/C9H17NO2.C2HF3O2/c1-3-6-12-9-7-10-5-4-8(9)11-2;3-2(4,5)1(6)7/h3,8-10H,1,4-7H2,2H3;(H,6,7)/t8-,9+;/m0./s1. The summed E-state index contributed by atoms with van der Waals surface area (Å²) < 4.78 is 42.6. The van der Waals surface area contributed by atoms with Gasteiger partial charge < -0.3 is 19.9 Å². The lowest BCUT2D eigenvalue weighted by molar-refractivity contribution is -0.192. The van der Waals surface area contributed by atoms with Gasteiger partial charge in [0, 0.05) is 13.7 Å². The zero-order chi connectivity index (χ0) is 14.9. The van der Waals surface area contributed by atoms with E-state index in [-0.39, 0.29) is 12.2 Å². The third-order valence-corrected chi connectivity index (χ3v) is 2.34. The fourth-order valence-corrected chi connectivity index (χ4v) is 1.43. The van der Waals surface area contributed by atoms with Crippen molar-refractivity contribution in [2.24, 2.45) is 0 Å². The van der Waals surface area contributed by atoms with Crippen molar-refractivity contribution in [3.8, 4) is 0 Å². The zero-order valence-corrected chi connectivity index (χ0v) is 10.6. The number of ether oxygens (including phenoxy) is 2. The topological polar surface area (TPSA) is 67.8 Å². The molecule has 0 unspecified atom stereocenters. The zero-order valence-electron chi connectivity index (χ0n) is 10.6. The van der Waals surface area contributed by atoms with Gasteiger partial charge in [-0.05, 0) is 13.0 Å². The second kappa shape index (κ2) is 8.89. The van der Waals surface area contributed by atoms with Gasteiger partial charge in [-0.3, -0.25) is 0 Å². The van der Waals surface area contributed by atoms with Gasteiger partial charge in [0.25, 0.3) is 0 Å². The summed E-state index contributed by atoms with van der Waals surface area (Å²) in [5.41, 5.74) is 0. The smallest absolute Gasteiger partial charge is 0.475 e. The molecule has 0 aromatic heterocycles. The first-order valence-corrected chi connectivity index (χ1v) is 5.59. The Balaban J connectivity index is 0.000000399. The first-order chi connectivity index (χ1) is 8.82. The SMILES string of the molecule is C=CCO[C@@H]1CNCC[C@@H]1OC.O=C(O)C(F)(F)F. The lowest BCUT2D eigenvalue weighted by Crippen LogP contribution is -2.46. The van der Waals surface area contributed by atoms with Crippen molar-refractivity contribution in [2.75, 3.05) is 26.8 Å². The second-order valence-electron chi connectivity index (χ2n) is 3.73. The maximum Gasteiger partial charge on any atom is 0.490 e. The molecule has 1 saturated heterocycles. The fourth-order valence-electron chi connectivity index (χ4n) is 1.43. The molecule has 0 spiro atoms. The van der Waals surface area contributed by atoms with Crippen LogP contribution >= 0.6 is 0 Å². The highest BCUT2D eigenvalue weighted by Gasteiger charge is 2.38. The predicted molar refractivity (Wildman–Crippen MR) is 61.9 cm³/mol. The average Bonchev–Trinajstić information content (AvgIpc) is 2.36. The molecule has 0 amide bonds. The quantitative estimate of drug-likeness (QED) is 0.760. The highest BCUT2D eigenvalue weighted by atomic mass is 19.4. The molecule has 0 bridgehead atoms. The van der Waals surface area contributed by atoms with Gasteiger partial charge in [-0.15, -0.1) is 6.58 Å². The Morgan fingerprint density at radius 2 is 2.11 bits per heavy atom. The van der Waals surface area contributed by atoms with E-state index in [1.54, 1.807) is 13.2 Å². The van der Waals surface area contributed by atoms with E-state index in [1.165, 1.54) is 0 Å². The monoisotopic (exact) mass is 285 g/mol. The fraction of sp³-hybridized carbons (Fsp3) is 0.727. The van der Waals surface area contributed by atoms with E-state index >= 15 is 0 Å². The number of aliphatic carboxylic acids is 1. The third kappa shape index (κ3) is 7.81. The summed E-state index contributed by atoms with van der Waals surface area (Å²) >= 11 is 0. The van der Waals surface area contributed by atoms with Crippen molar-refractivity contribution in [3.63, 3.8) is 0 Å². The van der Waals surface area contributed by atoms with Crippen LogP contribution in [0.15, 0.2) is 12.7 Å². The number of hydrogen-bond acceptors (Lipinski definition) is 4. The van der Waals surface area contributed by atoms with Gasteiger partial charge >= 0.3 is 12.1 Å². The number of halogens is 3. The second-order valence-corrected chi connectivity index (χ2v) is 3.73. The van der Waals surface area contributed by atoms with E-state index < -0.39 is 12.1 Å². The molecule has 2 N–H and O–H groups in total. The van der Waals surface area contributed by atoms with E-state index in [9.17, 15) is 13.2 Å². The van der Waals surface area contributed by atoms with E-state index in [1.807, 2.05) is 0 Å². The highest BCUT2D eigenvalue weighted by molar-refractivity contribution is 5.73. The van der Waals surface area contributed by atoms with Crippen LogP contribution in [-0.2, 0) is 14.3 Å². The molecule has 0 aromatic carbocycles. The third-order valence-electron chi connectivity index (χ3n) is 2.34. The van der Waals surface area contributed by atoms with E-state index in [4.69, 9.17) is 19.4 Å². The van der Waals surface area contributed by atoms with Gasteiger partial charge in [-0.2, -0.15) is 13.2 Å². The molecule has 1 fully saturated rings. The molecule has 1 aliphatic rings. The number of nitrogens with one attached hydrogen (secondary N) is 1. The van der Waals surface area contributed by atoms with Crippen LogP contribution in [0.5, 0.6) is 0 Å². The van der Waals surface area contributed by atoms with Crippen LogP contribution in [0.3, 0.4) is 0 Å². The molecule has 8 heteroatoms. The van der Waals surface area contributed by atoms with Gasteiger partial charge in [0.15, 0.2) is 0 Å². The van der Waals surface area contributed by atoms with Crippen LogP contribution in [0, 0.1) is 0 Å². The molecule has 1 rings (SSSR count). The van der Waals surface area contributed by atoms with Crippen molar-refractivity contribution < 1.29 is 32.5 Å². The van der Waals surface area contributed by atoms with Crippen molar-refractivity contribution in [3.05, 3.63) is 12.7 Å². The summed E-state index contributed by atoms with van der Waals surface area (Å²) in [6.07, 6.45) is -1.87. The van der Waals surface area contributed by atoms with Crippen molar-refractivity contribution in [1.29, 1.82) is 0 Å². The number of piperidine rings is 1. The van der Waals surface area contributed by atoms with Crippen LogP contribution < -0.4 is 5.32 Å². The Kier molecular flexibility index (Phi) is 8.37. The van der Waals surface area contributed by atoms with Gasteiger partial charge in [0.2, 0.25) is 0 Å². The number of rotatable bonds is 4. The largest absolute Gasteiger partial charge is 0.490 e. The van der Waals surface area contributed by atoms with Crippen LogP contribution in [0.2, 0.25) is 0 Å². The lowest BCUT2D eigenvalue weighted by Gasteiger charge is -2.30. The van der Waals surface area contributed by atoms with Crippen LogP contribution in [0.1, 0.15) is 6.42 Å². The van der Waals surface area contributed by atoms with E-state index in [0.29, 0.717) is 6.61 Å². The van der Waals surface area contributed by atoms with Crippen LogP contribution in [-0.4, -0.2) is 56.3 Å². The normalized spacial score (nSPS) is 23.2. The summed E-state index contributed by atoms with van der Waals surface area (Å²) in [5, 5.41) is 10.4. The number of methoxy groups -OCH3 is 1. The van der Waals surface area contributed by atoms with Crippen LogP contribution in [0.4, 0.5) is 13.2 Å². The molecule has 0 saturated carbocycles. The minimum atomic E-state index is -5.08. The van der Waals surface area contributed by atoms with Crippen molar-refractivity contribution in [1.82, 2.24) is 5.32 Å². The van der Waals surface area contributed by atoms with Crippen molar-refractivity contribution in [2.45, 2.75) is 24.8 Å². The maximum atomic E-state index is 10.6. The molecule has 0 radical (unpaired) electrons. The molecule has 0 aromatic rings. The lowest BCUT2D eigenvalue weighted by atomic mass is 10.1. The molecule has 2 atom stereocenters. The molecule has 0 aliphatic carbocycles. The summed E-state index contributed by atoms with van der Waals surface area (Å²) in [4.78, 5) is 8.90. The number of carboxylic acids is 1. The van der Waals surface area contributed by atoms with Gasteiger partial charge in [0.05, 0.1) is 18.8 Å². The number of carboxylic acid groups (broad SMARTS) is 1. The molecule has 1 heterocycles. The first-order valence-electron chi connectivity index (χ1n) is 5.59. The van der Waals surface area contributed by atoms with E-state index in [0.717, 1.165) is 19.5 Å². The average molecular weight is 285 g/mol. The minimum Gasteiger partial charge on any atom is -0.475 e. The Bertz CT molecular complexity index is 284. The molecule has 112 valence electrons. The summed E-state index contributed by atoms with van der Waals surface area (Å²) in [7, 11) is 1.74. The number of carbonyl (C=O) groups is 1. The molecule has 1 aliphatic heterocycles. The van der Waals surface area contributed by atoms with Gasteiger partial charge in [0.1, 0.15) is 0 Å². The molecule has 5 nitrogen and oxygen atoms in total. The Morgan fingerprint density at radius 3 is 2.53 bits per heavy atom. The van der Waals surface area contributed by atoms with E-state index in [2.05, 4.69) is 11.9 Å².